The first-order valence-electron chi connectivity index (χ1n) is 8.16. The van der Waals surface area contributed by atoms with Crippen LogP contribution in [0.15, 0.2) is 30.3 Å². The van der Waals surface area contributed by atoms with Gasteiger partial charge in [-0.3, -0.25) is 9.59 Å². The second kappa shape index (κ2) is 7.98. The lowest BCUT2D eigenvalue weighted by molar-refractivity contribution is -0.137. The average molecular weight is 378 g/mol. The Morgan fingerprint density at radius 1 is 1.15 bits per heavy atom. The molecule has 3 rings (SSSR count). The Bertz CT molecular complexity index is 875. The van der Waals surface area contributed by atoms with E-state index in [-0.39, 0.29) is 43.3 Å². The zero-order valence-electron chi connectivity index (χ0n) is 14.2. The van der Waals surface area contributed by atoms with E-state index in [0.29, 0.717) is 12.4 Å². The lowest BCUT2D eigenvalue weighted by Gasteiger charge is -2.23. The van der Waals surface area contributed by atoms with E-state index in [4.69, 9.17) is 14.6 Å². The summed E-state index contributed by atoms with van der Waals surface area (Å²) in [5.41, 5.74) is -0.0762. The summed E-state index contributed by atoms with van der Waals surface area (Å²) in [6.07, 6.45) is -0.354. The van der Waals surface area contributed by atoms with Crippen molar-refractivity contribution in [2.45, 2.75) is 13.0 Å². The topological polar surface area (TPSA) is 89.0 Å². The molecule has 1 aromatic heterocycles. The van der Waals surface area contributed by atoms with Gasteiger partial charge in [0.05, 0.1) is 6.42 Å². The molecule has 2 aromatic rings. The molecule has 1 aliphatic rings. The van der Waals surface area contributed by atoms with Gasteiger partial charge >= 0.3 is 5.97 Å². The molecule has 0 spiro atoms. The van der Waals surface area contributed by atoms with E-state index in [2.05, 4.69) is 4.98 Å². The molecule has 0 saturated carbocycles. The number of carbonyl (C=O) groups excluding carboxylic acids is 1. The predicted octanol–water partition coefficient (Wildman–Crippen LogP) is 2.25. The molecular weight excluding hydrogens is 362 g/mol. The van der Waals surface area contributed by atoms with Crippen LogP contribution >= 0.6 is 0 Å². The standard InChI is InChI=1S/C18H16F2N2O5/c19-12-3-1-2-11(16(12)20)10-22(7-6-15(23)24)18(25)13-4-5-14-17(21-13)27-9-8-26-14/h1-5H,6-10H2,(H,23,24). The lowest BCUT2D eigenvalue weighted by Crippen LogP contribution is -2.33. The number of nitrogens with zero attached hydrogens (tertiary/aromatic N) is 2. The molecule has 1 amide bonds. The van der Waals surface area contributed by atoms with Gasteiger partial charge in [0, 0.05) is 18.7 Å². The van der Waals surface area contributed by atoms with Gasteiger partial charge in [0.1, 0.15) is 18.9 Å². The Balaban J connectivity index is 1.86. The Labute approximate surface area is 153 Å². The largest absolute Gasteiger partial charge is 0.484 e. The third-order valence-electron chi connectivity index (χ3n) is 3.90. The Hall–Kier alpha value is -3.23. The van der Waals surface area contributed by atoms with Gasteiger partial charge in [-0.05, 0) is 18.2 Å². The Morgan fingerprint density at radius 3 is 2.70 bits per heavy atom. The summed E-state index contributed by atoms with van der Waals surface area (Å²) in [6.45, 7) is 0.159. The molecule has 2 heterocycles. The molecule has 1 aromatic carbocycles. The quantitative estimate of drug-likeness (QED) is 0.829. The summed E-state index contributed by atoms with van der Waals surface area (Å²) < 4.78 is 38.1. The number of hydrogen-bond donors (Lipinski definition) is 1. The van der Waals surface area contributed by atoms with Crippen molar-refractivity contribution in [3.63, 3.8) is 0 Å². The van der Waals surface area contributed by atoms with Gasteiger partial charge in [0.15, 0.2) is 17.4 Å². The van der Waals surface area contributed by atoms with Gasteiger partial charge in [-0.15, -0.1) is 0 Å². The lowest BCUT2D eigenvalue weighted by atomic mass is 10.1. The van der Waals surface area contributed by atoms with Crippen molar-refractivity contribution < 1.29 is 33.0 Å². The summed E-state index contributed by atoms with van der Waals surface area (Å²) in [7, 11) is 0. The minimum absolute atomic E-state index is 0.0125. The van der Waals surface area contributed by atoms with Crippen LogP contribution in [0.1, 0.15) is 22.5 Å². The molecule has 0 atom stereocenters. The van der Waals surface area contributed by atoms with Crippen LogP contribution in [-0.4, -0.2) is 46.6 Å². The summed E-state index contributed by atoms with van der Waals surface area (Å²) >= 11 is 0. The fourth-order valence-electron chi connectivity index (χ4n) is 2.57. The van der Waals surface area contributed by atoms with Gasteiger partial charge in [-0.2, -0.15) is 0 Å². The molecule has 9 heteroatoms. The number of carboxylic acid groups (broad SMARTS) is 1. The molecule has 1 aliphatic heterocycles. The van der Waals surface area contributed by atoms with Crippen molar-refractivity contribution in [2.24, 2.45) is 0 Å². The molecule has 1 N–H and O–H groups in total. The van der Waals surface area contributed by atoms with Crippen LogP contribution in [0.3, 0.4) is 0 Å². The molecule has 0 aliphatic carbocycles. The number of ether oxygens (including phenoxy) is 2. The Kier molecular flexibility index (Phi) is 5.49. The van der Waals surface area contributed by atoms with E-state index < -0.39 is 23.5 Å². The number of amides is 1. The third-order valence-corrected chi connectivity index (χ3v) is 3.90. The highest BCUT2D eigenvalue weighted by molar-refractivity contribution is 5.92. The van der Waals surface area contributed by atoms with Crippen LogP contribution in [-0.2, 0) is 11.3 Å². The number of carboxylic acids is 1. The minimum atomic E-state index is -1.12. The fraction of sp³-hybridized carbons (Fsp3) is 0.278. The summed E-state index contributed by atoms with van der Waals surface area (Å²) in [5, 5.41) is 8.91. The minimum Gasteiger partial charge on any atom is -0.484 e. The van der Waals surface area contributed by atoms with Crippen LogP contribution in [0.4, 0.5) is 8.78 Å². The maximum Gasteiger partial charge on any atom is 0.305 e. The van der Waals surface area contributed by atoms with Gasteiger partial charge < -0.3 is 19.5 Å². The molecule has 142 valence electrons. The van der Waals surface area contributed by atoms with Crippen molar-refractivity contribution in [1.82, 2.24) is 9.88 Å². The van der Waals surface area contributed by atoms with Crippen LogP contribution in [0, 0.1) is 11.6 Å². The molecule has 7 nitrogen and oxygen atoms in total. The number of aliphatic carboxylic acids is 1. The van der Waals surface area contributed by atoms with E-state index >= 15 is 0 Å². The molecule has 0 radical (unpaired) electrons. The van der Waals surface area contributed by atoms with Crippen molar-refractivity contribution in [1.29, 1.82) is 0 Å². The average Bonchev–Trinajstić information content (AvgIpc) is 2.67. The molecule has 0 fully saturated rings. The van der Waals surface area contributed by atoms with Crippen molar-refractivity contribution in [3.8, 4) is 11.6 Å². The van der Waals surface area contributed by atoms with Gasteiger partial charge in [0.25, 0.3) is 11.8 Å². The van der Waals surface area contributed by atoms with Gasteiger partial charge in [0.2, 0.25) is 0 Å². The first kappa shape index (κ1) is 18.6. The Morgan fingerprint density at radius 2 is 1.93 bits per heavy atom. The number of benzene rings is 1. The molecule has 27 heavy (non-hydrogen) atoms. The fourth-order valence-corrected chi connectivity index (χ4v) is 2.57. The number of hydrogen-bond acceptors (Lipinski definition) is 5. The molecule has 0 bridgehead atoms. The second-order valence-corrected chi connectivity index (χ2v) is 5.78. The van der Waals surface area contributed by atoms with Crippen molar-refractivity contribution in [2.75, 3.05) is 19.8 Å². The predicted molar refractivity (Wildman–Crippen MR) is 88.6 cm³/mol. The number of halogens is 2. The molecule has 0 unspecified atom stereocenters. The zero-order chi connectivity index (χ0) is 19.4. The van der Waals surface area contributed by atoms with E-state index in [9.17, 15) is 18.4 Å². The van der Waals surface area contributed by atoms with Crippen LogP contribution < -0.4 is 9.47 Å². The number of pyridine rings is 1. The normalized spacial score (nSPS) is 12.5. The SMILES string of the molecule is O=C(O)CCN(Cc1cccc(F)c1F)C(=O)c1ccc2c(n1)OCCO2. The van der Waals surface area contributed by atoms with E-state index in [1.54, 1.807) is 0 Å². The summed E-state index contributed by atoms with van der Waals surface area (Å²) in [5.74, 6) is -3.33. The molecule has 0 saturated heterocycles. The maximum absolute atomic E-state index is 14.0. The van der Waals surface area contributed by atoms with Gasteiger partial charge in [-0.1, -0.05) is 12.1 Å². The van der Waals surface area contributed by atoms with Crippen LogP contribution in [0.5, 0.6) is 11.6 Å². The number of fused-ring (bicyclic) bond motifs is 1. The summed E-state index contributed by atoms with van der Waals surface area (Å²) in [6, 6.07) is 6.54. The van der Waals surface area contributed by atoms with Crippen molar-refractivity contribution in [3.05, 3.63) is 53.2 Å². The first-order valence-corrected chi connectivity index (χ1v) is 8.16. The van der Waals surface area contributed by atoms with Crippen molar-refractivity contribution >= 4 is 11.9 Å². The monoisotopic (exact) mass is 378 g/mol. The van der Waals surface area contributed by atoms with Crippen LogP contribution in [0.2, 0.25) is 0 Å². The van der Waals surface area contributed by atoms with Crippen LogP contribution in [0.25, 0.3) is 0 Å². The second-order valence-electron chi connectivity index (χ2n) is 5.78. The molecular formula is C18H16F2N2O5. The van der Waals surface area contributed by atoms with E-state index in [1.165, 1.54) is 24.3 Å². The zero-order valence-corrected chi connectivity index (χ0v) is 14.2. The van der Waals surface area contributed by atoms with E-state index in [1.807, 2.05) is 0 Å². The highest BCUT2D eigenvalue weighted by Gasteiger charge is 2.23. The number of carbonyl (C=O) groups is 2. The smallest absolute Gasteiger partial charge is 0.305 e. The highest BCUT2D eigenvalue weighted by atomic mass is 19.2. The highest BCUT2D eigenvalue weighted by Crippen LogP contribution is 2.28. The first-order chi connectivity index (χ1) is 13.0. The maximum atomic E-state index is 14.0. The third kappa shape index (κ3) is 4.30. The summed E-state index contributed by atoms with van der Waals surface area (Å²) in [4.78, 5) is 28.9. The number of aromatic nitrogens is 1. The number of rotatable bonds is 6. The van der Waals surface area contributed by atoms with Gasteiger partial charge in [-0.25, -0.2) is 13.8 Å². The van der Waals surface area contributed by atoms with E-state index in [0.717, 1.165) is 11.0 Å².